The number of ether oxygens (including phenoxy) is 2. The molecule has 0 bridgehead atoms. The molecule has 0 saturated carbocycles. The van der Waals surface area contributed by atoms with Crippen molar-refractivity contribution in [2.45, 2.75) is 45.2 Å². The first-order valence-electron chi connectivity index (χ1n) is 9.72. The molecule has 1 fully saturated rings. The van der Waals surface area contributed by atoms with Crippen LogP contribution in [0, 0.1) is 0 Å². The standard InChI is InChI=1S/C20H34N4O2/c1-3-4-10-22-20(21)23-16-17-6-5-7-19(15-17)26-14-11-24(2)18-8-12-25-13-9-18/h5-7,15,18H,3-4,8-14,16H2,1-2H3,(H3,21,22,23). The second-order valence-corrected chi connectivity index (χ2v) is 6.80. The molecule has 0 atom stereocenters. The molecular formula is C20H34N4O2. The summed E-state index contributed by atoms with van der Waals surface area (Å²) in [7, 11) is 2.17. The predicted octanol–water partition coefficient (Wildman–Crippen LogP) is 2.38. The predicted molar refractivity (Wildman–Crippen MR) is 107 cm³/mol. The highest BCUT2D eigenvalue weighted by Crippen LogP contribution is 2.15. The van der Waals surface area contributed by atoms with Gasteiger partial charge in [0.05, 0.1) is 6.54 Å². The van der Waals surface area contributed by atoms with Gasteiger partial charge in [-0.2, -0.15) is 0 Å². The maximum Gasteiger partial charge on any atom is 0.188 e. The molecule has 1 heterocycles. The van der Waals surface area contributed by atoms with Crippen molar-refractivity contribution in [1.82, 2.24) is 10.2 Å². The van der Waals surface area contributed by atoms with Gasteiger partial charge in [0.25, 0.3) is 0 Å². The molecule has 1 saturated heterocycles. The monoisotopic (exact) mass is 362 g/mol. The third-order valence-electron chi connectivity index (χ3n) is 4.69. The maximum atomic E-state index is 5.93. The highest BCUT2D eigenvalue weighted by Gasteiger charge is 2.17. The number of nitrogens with zero attached hydrogens (tertiary/aromatic N) is 2. The number of hydrogen-bond acceptors (Lipinski definition) is 4. The van der Waals surface area contributed by atoms with Crippen LogP contribution in [0.2, 0.25) is 0 Å². The molecule has 6 nitrogen and oxygen atoms in total. The summed E-state index contributed by atoms with van der Waals surface area (Å²) in [6, 6.07) is 8.69. The zero-order valence-electron chi connectivity index (χ0n) is 16.2. The molecule has 26 heavy (non-hydrogen) atoms. The van der Waals surface area contributed by atoms with Crippen molar-refractivity contribution < 1.29 is 9.47 Å². The van der Waals surface area contributed by atoms with Gasteiger partial charge in [0.1, 0.15) is 12.4 Å². The molecule has 3 N–H and O–H groups in total. The molecule has 0 radical (unpaired) electrons. The van der Waals surface area contributed by atoms with Crippen molar-refractivity contribution in [3.63, 3.8) is 0 Å². The van der Waals surface area contributed by atoms with E-state index in [1.165, 1.54) is 0 Å². The Morgan fingerprint density at radius 1 is 1.38 bits per heavy atom. The van der Waals surface area contributed by atoms with Gasteiger partial charge in [0, 0.05) is 32.3 Å². The zero-order chi connectivity index (χ0) is 18.6. The number of hydrogen-bond donors (Lipinski definition) is 2. The molecule has 146 valence electrons. The van der Waals surface area contributed by atoms with Crippen molar-refractivity contribution in [1.29, 1.82) is 0 Å². The summed E-state index contributed by atoms with van der Waals surface area (Å²) in [6.07, 6.45) is 4.46. The largest absolute Gasteiger partial charge is 0.492 e. The van der Waals surface area contributed by atoms with E-state index in [9.17, 15) is 0 Å². The van der Waals surface area contributed by atoms with E-state index in [0.29, 0.717) is 25.2 Å². The van der Waals surface area contributed by atoms with E-state index in [4.69, 9.17) is 15.2 Å². The second kappa shape index (κ2) is 11.8. The van der Waals surface area contributed by atoms with Crippen molar-refractivity contribution in [2.75, 3.05) is 40.0 Å². The lowest BCUT2D eigenvalue weighted by Crippen LogP contribution is -2.38. The Kier molecular flexibility index (Phi) is 9.28. The summed E-state index contributed by atoms with van der Waals surface area (Å²) >= 11 is 0. The molecule has 1 aromatic carbocycles. The van der Waals surface area contributed by atoms with Gasteiger partial charge in [-0.25, -0.2) is 4.99 Å². The van der Waals surface area contributed by atoms with Crippen LogP contribution in [0.5, 0.6) is 5.75 Å². The van der Waals surface area contributed by atoms with Crippen LogP contribution < -0.4 is 15.8 Å². The summed E-state index contributed by atoms with van der Waals surface area (Å²) in [5.74, 6) is 1.39. The minimum atomic E-state index is 0.503. The van der Waals surface area contributed by atoms with Crippen LogP contribution in [0.3, 0.4) is 0 Å². The second-order valence-electron chi connectivity index (χ2n) is 6.80. The van der Waals surface area contributed by atoms with E-state index in [1.54, 1.807) is 0 Å². The minimum absolute atomic E-state index is 0.503. The highest BCUT2D eigenvalue weighted by molar-refractivity contribution is 5.77. The Hall–Kier alpha value is -1.79. The Morgan fingerprint density at radius 2 is 2.19 bits per heavy atom. The number of unbranched alkanes of at least 4 members (excludes halogenated alkanes) is 1. The van der Waals surface area contributed by atoms with Crippen LogP contribution in [0.25, 0.3) is 0 Å². The number of benzene rings is 1. The molecule has 0 spiro atoms. The average molecular weight is 363 g/mol. The van der Waals surface area contributed by atoms with Gasteiger partial charge in [0.15, 0.2) is 5.96 Å². The summed E-state index contributed by atoms with van der Waals surface area (Å²) in [4.78, 5) is 6.76. The first kappa shape index (κ1) is 20.5. The molecule has 6 heteroatoms. The molecule has 2 rings (SSSR count). The summed E-state index contributed by atoms with van der Waals surface area (Å²) in [5, 5.41) is 3.13. The van der Waals surface area contributed by atoms with Crippen LogP contribution in [0.1, 0.15) is 38.2 Å². The van der Waals surface area contributed by atoms with Gasteiger partial charge in [0.2, 0.25) is 0 Å². The van der Waals surface area contributed by atoms with Gasteiger partial charge < -0.3 is 20.5 Å². The van der Waals surface area contributed by atoms with E-state index in [-0.39, 0.29) is 0 Å². The van der Waals surface area contributed by atoms with E-state index >= 15 is 0 Å². The van der Waals surface area contributed by atoms with Crippen molar-refractivity contribution in [3.8, 4) is 5.75 Å². The van der Waals surface area contributed by atoms with Gasteiger partial charge >= 0.3 is 0 Å². The first-order chi connectivity index (χ1) is 12.7. The fourth-order valence-corrected chi connectivity index (χ4v) is 2.98. The third-order valence-corrected chi connectivity index (χ3v) is 4.69. The molecule has 1 aliphatic heterocycles. The fourth-order valence-electron chi connectivity index (χ4n) is 2.98. The van der Waals surface area contributed by atoms with Gasteiger partial charge in [-0.05, 0) is 44.0 Å². The van der Waals surface area contributed by atoms with E-state index < -0.39 is 0 Å². The van der Waals surface area contributed by atoms with Crippen LogP contribution >= 0.6 is 0 Å². The topological polar surface area (TPSA) is 72.1 Å². The van der Waals surface area contributed by atoms with Crippen LogP contribution in [0.15, 0.2) is 29.3 Å². The lowest BCUT2D eigenvalue weighted by Gasteiger charge is -2.31. The molecule has 0 aliphatic carbocycles. The van der Waals surface area contributed by atoms with E-state index in [0.717, 1.165) is 63.3 Å². The van der Waals surface area contributed by atoms with Gasteiger partial charge in [-0.3, -0.25) is 4.90 Å². The molecule has 0 unspecified atom stereocenters. The molecule has 1 aliphatic rings. The smallest absolute Gasteiger partial charge is 0.188 e. The van der Waals surface area contributed by atoms with Crippen molar-refractivity contribution in [3.05, 3.63) is 29.8 Å². The minimum Gasteiger partial charge on any atom is -0.492 e. The number of rotatable bonds is 10. The maximum absolute atomic E-state index is 5.93. The highest BCUT2D eigenvalue weighted by atomic mass is 16.5. The number of nitrogens with one attached hydrogen (secondary N) is 1. The van der Waals surface area contributed by atoms with Gasteiger partial charge in [-0.15, -0.1) is 0 Å². The third kappa shape index (κ3) is 7.62. The van der Waals surface area contributed by atoms with E-state index in [2.05, 4.69) is 29.2 Å². The van der Waals surface area contributed by atoms with Crippen molar-refractivity contribution in [2.24, 2.45) is 10.7 Å². The number of nitrogens with two attached hydrogens (primary N) is 1. The average Bonchev–Trinajstić information content (AvgIpc) is 2.67. The Labute approximate surface area is 157 Å². The molecule has 0 amide bonds. The Balaban J connectivity index is 1.73. The normalized spacial score (nSPS) is 16.0. The molecular weight excluding hydrogens is 328 g/mol. The van der Waals surface area contributed by atoms with E-state index in [1.807, 2.05) is 24.3 Å². The number of likely N-dealkylation sites (N-methyl/N-ethyl adjacent to an activating group) is 1. The quantitative estimate of drug-likeness (QED) is 0.380. The number of aliphatic imine (C=N–C) groups is 1. The van der Waals surface area contributed by atoms with Crippen molar-refractivity contribution >= 4 is 5.96 Å². The lowest BCUT2D eigenvalue weighted by atomic mass is 10.1. The fraction of sp³-hybridized carbons (Fsp3) is 0.650. The summed E-state index contributed by atoms with van der Waals surface area (Å²) < 4.78 is 11.3. The van der Waals surface area contributed by atoms with Gasteiger partial charge in [-0.1, -0.05) is 25.5 Å². The summed E-state index contributed by atoms with van der Waals surface area (Å²) in [6.45, 7) is 6.92. The number of guanidine groups is 1. The Bertz CT molecular complexity index is 544. The molecule has 1 aromatic rings. The van der Waals surface area contributed by atoms with Crippen LogP contribution in [-0.4, -0.2) is 56.9 Å². The Morgan fingerprint density at radius 3 is 2.96 bits per heavy atom. The van der Waals surface area contributed by atoms with Crippen LogP contribution in [-0.2, 0) is 11.3 Å². The molecule has 0 aromatic heterocycles. The lowest BCUT2D eigenvalue weighted by molar-refractivity contribution is 0.0392. The van der Waals surface area contributed by atoms with Crippen LogP contribution in [0.4, 0.5) is 0 Å². The first-order valence-corrected chi connectivity index (χ1v) is 9.72. The SMILES string of the molecule is CCCCNC(N)=NCc1cccc(OCCN(C)C2CCOCC2)c1. The zero-order valence-corrected chi connectivity index (χ0v) is 16.2. The summed E-state index contributed by atoms with van der Waals surface area (Å²) in [5.41, 5.74) is 6.98.